The highest BCUT2D eigenvalue weighted by molar-refractivity contribution is 5.86. The van der Waals surface area contributed by atoms with Crippen molar-refractivity contribution in [1.82, 2.24) is 29.3 Å². The van der Waals surface area contributed by atoms with E-state index in [2.05, 4.69) is 27.1 Å². The van der Waals surface area contributed by atoms with E-state index in [0.717, 1.165) is 49.1 Å². The number of hydrogen-bond acceptors (Lipinski definition) is 5. The molecule has 7 nitrogen and oxygen atoms in total. The van der Waals surface area contributed by atoms with Gasteiger partial charge in [0.25, 0.3) is 5.56 Å². The van der Waals surface area contributed by atoms with Crippen LogP contribution in [-0.4, -0.2) is 48.4 Å². The number of nitrogens with zero attached hydrogens (tertiary/aromatic N) is 6. The second-order valence-electron chi connectivity index (χ2n) is 9.47. The van der Waals surface area contributed by atoms with Crippen LogP contribution < -0.4 is 5.56 Å². The second-order valence-corrected chi connectivity index (χ2v) is 9.47. The summed E-state index contributed by atoms with van der Waals surface area (Å²) in [5, 5.41) is 9.67. The lowest BCUT2D eigenvalue weighted by Crippen LogP contribution is -2.44. The van der Waals surface area contributed by atoms with E-state index >= 15 is 4.39 Å². The minimum Gasteiger partial charge on any atom is -0.301 e. The summed E-state index contributed by atoms with van der Waals surface area (Å²) in [6.07, 6.45) is 7.53. The third-order valence-corrected chi connectivity index (χ3v) is 7.29. The van der Waals surface area contributed by atoms with Gasteiger partial charge in [-0.05, 0) is 70.3 Å². The zero-order chi connectivity index (χ0) is 22.2. The third kappa shape index (κ3) is 2.89. The largest absolute Gasteiger partial charge is 0.301 e. The van der Waals surface area contributed by atoms with Gasteiger partial charge in [0.05, 0.1) is 35.2 Å². The van der Waals surface area contributed by atoms with E-state index in [1.165, 1.54) is 10.7 Å². The second kappa shape index (κ2) is 6.68. The van der Waals surface area contributed by atoms with Gasteiger partial charge in [-0.1, -0.05) is 0 Å². The van der Waals surface area contributed by atoms with Gasteiger partial charge < -0.3 is 4.90 Å². The van der Waals surface area contributed by atoms with Crippen LogP contribution in [0, 0.1) is 19.7 Å². The topological polar surface area (TPSA) is 68.3 Å². The molecule has 0 unspecified atom stereocenters. The summed E-state index contributed by atoms with van der Waals surface area (Å²) in [5.41, 5.74) is 3.70. The highest BCUT2D eigenvalue weighted by Crippen LogP contribution is 2.50. The molecular weight excluding hydrogens is 407 g/mol. The number of piperidine rings is 1. The van der Waals surface area contributed by atoms with Gasteiger partial charge in [0.15, 0.2) is 5.65 Å². The van der Waals surface area contributed by atoms with Crippen LogP contribution in [0.1, 0.15) is 43.0 Å². The number of fused-ring (bicyclic) bond motifs is 2. The van der Waals surface area contributed by atoms with Crippen molar-refractivity contribution in [3.8, 4) is 11.3 Å². The lowest BCUT2D eigenvalue weighted by molar-refractivity contribution is 0.119. The normalized spacial score (nSPS) is 20.4. The van der Waals surface area contributed by atoms with E-state index in [1.54, 1.807) is 16.8 Å². The maximum atomic E-state index is 15.3. The summed E-state index contributed by atoms with van der Waals surface area (Å²) in [6.45, 7) is 4.80. The number of aryl methyl sites for hydroxylation is 2. The van der Waals surface area contributed by atoms with E-state index < -0.39 is 5.82 Å². The monoisotopic (exact) mass is 432 g/mol. The van der Waals surface area contributed by atoms with E-state index in [9.17, 15) is 4.79 Å². The molecule has 1 aliphatic carbocycles. The molecular formula is C24H25FN6O. The van der Waals surface area contributed by atoms with Crippen molar-refractivity contribution < 1.29 is 4.39 Å². The zero-order valence-electron chi connectivity index (χ0n) is 18.5. The van der Waals surface area contributed by atoms with Gasteiger partial charge in [0.2, 0.25) is 0 Å². The Labute approximate surface area is 184 Å². The fourth-order valence-electron chi connectivity index (χ4n) is 5.26. The number of rotatable bonds is 2. The van der Waals surface area contributed by atoms with Gasteiger partial charge in [0, 0.05) is 23.0 Å². The quantitative estimate of drug-likeness (QED) is 0.484. The average Bonchev–Trinajstić information content (AvgIpc) is 3.42. The lowest BCUT2D eigenvalue weighted by atomic mass is 9.95. The number of halogens is 1. The van der Waals surface area contributed by atoms with Crippen LogP contribution in [0.3, 0.4) is 0 Å². The molecule has 1 atom stereocenters. The van der Waals surface area contributed by atoms with Crippen molar-refractivity contribution in [3.63, 3.8) is 0 Å². The van der Waals surface area contributed by atoms with Crippen molar-refractivity contribution in [1.29, 1.82) is 0 Å². The Morgan fingerprint density at radius 2 is 2.00 bits per heavy atom. The Balaban J connectivity index is 1.43. The van der Waals surface area contributed by atoms with E-state index in [4.69, 9.17) is 0 Å². The van der Waals surface area contributed by atoms with Crippen LogP contribution in [0.25, 0.3) is 27.7 Å². The van der Waals surface area contributed by atoms with Crippen molar-refractivity contribution >= 4 is 16.4 Å². The SMILES string of the molecule is Cc1cn2nc(-c3cc(F)c4c(=O)n([C@H]5CCN(C)C6(CC6)C5)ncc4c3)cc(C)c2n1. The Morgan fingerprint density at radius 3 is 2.78 bits per heavy atom. The summed E-state index contributed by atoms with van der Waals surface area (Å²) < 4.78 is 18.5. The van der Waals surface area contributed by atoms with Crippen LogP contribution in [-0.2, 0) is 0 Å². The summed E-state index contributed by atoms with van der Waals surface area (Å²) in [4.78, 5) is 20.1. The van der Waals surface area contributed by atoms with Crippen LogP contribution in [0.5, 0.6) is 0 Å². The predicted molar refractivity (Wildman–Crippen MR) is 120 cm³/mol. The summed E-state index contributed by atoms with van der Waals surface area (Å²) in [7, 11) is 2.15. The fourth-order valence-corrected chi connectivity index (χ4v) is 5.26. The molecule has 1 aliphatic heterocycles. The molecule has 4 aromatic rings. The first kappa shape index (κ1) is 19.5. The zero-order valence-corrected chi connectivity index (χ0v) is 18.5. The molecule has 0 N–H and O–H groups in total. The van der Waals surface area contributed by atoms with Crippen LogP contribution >= 0.6 is 0 Å². The molecule has 2 aliphatic rings. The highest BCUT2D eigenvalue weighted by atomic mass is 19.1. The molecule has 6 rings (SSSR count). The van der Waals surface area contributed by atoms with Crippen molar-refractivity contribution in [2.24, 2.45) is 0 Å². The van der Waals surface area contributed by atoms with Gasteiger partial charge in [-0.25, -0.2) is 18.6 Å². The Hall–Kier alpha value is -3.13. The molecule has 1 aromatic carbocycles. The molecule has 164 valence electrons. The number of hydrogen-bond donors (Lipinski definition) is 0. The first-order chi connectivity index (χ1) is 15.3. The van der Waals surface area contributed by atoms with Gasteiger partial charge in [-0.2, -0.15) is 10.2 Å². The molecule has 1 saturated heterocycles. The van der Waals surface area contributed by atoms with Crippen molar-refractivity contribution in [2.75, 3.05) is 13.6 Å². The average molecular weight is 433 g/mol. The maximum Gasteiger partial charge on any atom is 0.277 e. The molecule has 1 saturated carbocycles. The number of likely N-dealkylation sites (tertiary alicyclic amines) is 1. The number of imidazole rings is 1. The predicted octanol–water partition coefficient (Wildman–Crippen LogP) is 3.66. The van der Waals surface area contributed by atoms with Gasteiger partial charge >= 0.3 is 0 Å². The van der Waals surface area contributed by atoms with Crippen LogP contribution in [0.15, 0.2) is 35.4 Å². The maximum absolute atomic E-state index is 15.3. The molecule has 0 bridgehead atoms. The highest BCUT2D eigenvalue weighted by Gasteiger charge is 2.50. The first-order valence-electron chi connectivity index (χ1n) is 11.1. The molecule has 1 spiro atoms. The lowest BCUT2D eigenvalue weighted by Gasteiger charge is -2.37. The minimum absolute atomic E-state index is 0.0147. The van der Waals surface area contributed by atoms with Crippen LogP contribution in [0.4, 0.5) is 4.39 Å². The van der Waals surface area contributed by atoms with E-state index in [-0.39, 0.29) is 22.5 Å². The third-order valence-electron chi connectivity index (χ3n) is 7.29. The fraction of sp³-hybridized carbons (Fsp3) is 0.417. The van der Waals surface area contributed by atoms with Gasteiger partial charge in [-0.15, -0.1) is 0 Å². The number of benzene rings is 1. The standard InChI is InChI=1S/C24H25FN6O/c1-14-8-20(28-30-13-15(2)27-22(14)30)16-9-17-12-26-31(23(32)21(17)19(25)10-16)18-4-7-29(3)24(11-18)5-6-24/h8-10,12-13,18H,4-7,11H2,1-3H3/t18-/m0/s1. The summed E-state index contributed by atoms with van der Waals surface area (Å²) in [5.74, 6) is -0.533. The molecule has 4 heterocycles. The van der Waals surface area contributed by atoms with E-state index in [0.29, 0.717) is 16.6 Å². The molecule has 0 radical (unpaired) electrons. The Morgan fingerprint density at radius 1 is 1.19 bits per heavy atom. The van der Waals surface area contributed by atoms with E-state index in [1.807, 2.05) is 26.1 Å². The summed E-state index contributed by atoms with van der Waals surface area (Å²) in [6, 6.07) is 5.11. The van der Waals surface area contributed by atoms with Crippen molar-refractivity contribution in [3.05, 3.63) is 58.0 Å². The molecule has 0 amide bonds. The number of aromatic nitrogens is 5. The van der Waals surface area contributed by atoms with Crippen molar-refractivity contribution in [2.45, 2.75) is 51.1 Å². The Kier molecular flexibility index (Phi) is 4.08. The Bertz CT molecular complexity index is 1450. The van der Waals surface area contributed by atoms with Crippen LogP contribution in [0.2, 0.25) is 0 Å². The minimum atomic E-state index is -0.533. The molecule has 8 heteroatoms. The molecule has 2 fully saturated rings. The van der Waals surface area contributed by atoms with Gasteiger partial charge in [-0.3, -0.25) is 4.79 Å². The summed E-state index contributed by atoms with van der Waals surface area (Å²) >= 11 is 0. The molecule has 32 heavy (non-hydrogen) atoms. The van der Waals surface area contributed by atoms with Gasteiger partial charge in [0.1, 0.15) is 5.82 Å². The molecule has 3 aromatic heterocycles. The smallest absolute Gasteiger partial charge is 0.277 e. The first-order valence-corrected chi connectivity index (χ1v) is 11.1.